The summed E-state index contributed by atoms with van der Waals surface area (Å²) in [5, 5.41) is 16.4. The summed E-state index contributed by atoms with van der Waals surface area (Å²) in [5.41, 5.74) is 0.858. The lowest BCUT2D eigenvalue weighted by atomic mass is 10.2. The van der Waals surface area contributed by atoms with E-state index < -0.39 is 6.10 Å². The number of rotatable bonds is 4. The second kappa shape index (κ2) is 5.12. The molecule has 1 N–H and O–H groups in total. The van der Waals surface area contributed by atoms with E-state index in [9.17, 15) is 5.11 Å². The highest BCUT2D eigenvalue weighted by Crippen LogP contribution is 2.29. The van der Waals surface area contributed by atoms with Crippen LogP contribution in [0.1, 0.15) is 30.0 Å². The SMILES string of the molecule is CCCn1nccc1C(O)c1cc(Br)cs1. The summed E-state index contributed by atoms with van der Waals surface area (Å²) in [5.74, 6) is 0. The molecule has 0 aliphatic rings. The Kier molecular flexibility index (Phi) is 3.78. The van der Waals surface area contributed by atoms with Crippen LogP contribution in [0.25, 0.3) is 0 Å². The number of thiophene rings is 1. The number of hydrogen-bond acceptors (Lipinski definition) is 3. The van der Waals surface area contributed by atoms with Crippen molar-refractivity contribution in [3.63, 3.8) is 0 Å². The quantitative estimate of drug-likeness (QED) is 0.941. The maximum absolute atomic E-state index is 10.2. The number of halogens is 1. The number of hydrogen-bond donors (Lipinski definition) is 1. The van der Waals surface area contributed by atoms with E-state index in [2.05, 4.69) is 28.0 Å². The van der Waals surface area contributed by atoms with Crippen molar-refractivity contribution in [2.24, 2.45) is 0 Å². The molecule has 2 aromatic heterocycles. The number of aromatic nitrogens is 2. The van der Waals surface area contributed by atoms with Gasteiger partial charge in [-0.15, -0.1) is 11.3 Å². The van der Waals surface area contributed by atoms with Crippen LogP contribution in [0.15, 0.2) is 28.2 Å². The number of aliphatic hydroxyl groups is 1. The molecule has 2 aromatic rings. The zero-order valence-corrected chi connectivity index (χ0v) is 11.3. The largest absolute Gasteiger partial charge is 0.381 e. The minimum Gasteiger partial charge on any atom is -0.381 e. The molecule has 0 saturated heterocycles. The van der Waals surface area contributed by atoms with E-state index in [1.54, 1.807) is 17.5 Å². The number of aliphatic hydroxyl groups excluding tert-OH is 1. The van der Waals surface area contributed by atoms with Crippen LogP contribution in [0.4, 0.5) is 0 Å². The standard InChI is InChI=1S/C11H13BrN2OS/c1-2-5-14-9(3-4-13-14)11(15)10-6-8(12)7-16-10/h3-4,6-7,11,15H,2,5H2,1H3. The average Bonchev–Trinajstić information content (AvgIpc) is 2.87. The predicted molar refractivity (Wildman–Crippen MR) is 68.6 cm³/mol. The van der Waals surface area contributed by atoms with Gasteiger partial charge in [0, 0.05) is 27.5 Å². The van der Waals surface area contributed by atoms with E-state index in [1.807, 2.05) is 22.2 Å². The fourth-order valence-corrected chi connectivity index (χ4v) is 3.03. The molecule has 0 amide bonds. The maximum Gasteiger partial charge on any atom is 0.130 e. The maximum atomic E-state index is 10.2. The lowest BCUT2D eigenvalue weighted by Crippen LogP contribution is -2.09. The van der Waals surface area contributed by atoms with Gasteiger partial charge in [0.2, 0.25) is 0 Å². The second-order valence-electron chi connectivity index (χ2n) is 3.55. The molecular formula is C11H13BrN2OS. The molecule has 0 aromatic carbocycles. The molecule has 0 saturated carbocycles. The average molecular weight is 301 g/mol. The fraction of sp³-hybridized carbons (Fsp3) is 0.364. The molecule has 3 nitrogen and oxygen atoms in total. The van der Waals surface area contributed by atoms with Gasteiger partial charge in [0.1, 0.15) is 6.10 Å². The summed E-state index contributed by atoms with van der Waals surface area (Å²) < 4.78 is 2.87. The van der Waals surface area contributed by atoms with Gasteiger partial charge >= 0.3 is 0 Å². The van der Waals surface area contributed by atoms with Crippen molar-refractivity contribution >= 4 is 27.3 Å². The molecule has 1 unspecified atom stereocenters. The van der Waals surface area contributed by atoms with E-state index in [4.69, 9.17) is 0 Å². The summed E-state index contributed by atoms with van der Waals surface area (Å²) in [4.78, 5) is 0.935. The van der Waals surface area contributed by atoms with Gasteiger partial charge in [-0.3, -0.25) is 4.68 Å². The summed E-state index contributed by atoms with van der Waals surface area (Å²) in [6, 6.07) is 3.81. The van der Waals surface area contributed by atoms with Crippen molar-refractivity contribution in [3.8, 4) is 0 Å². The Labute approximate surface area is 107 Å². The third-order valence-corrected chi connectivity index (χ3v) is 4.07. The number of nitrogens with zero attached hydrogens (tertiary/aromatic N) is 2. The first-order chi connectivity index (χ1) is 7.72. The van der Waals surface area contributed by atoms with Crippen LogP contribution in [0, 0.1) is 0 Å². The molecular weight excluding hydrogens is 288 g/mol. The molecule has 5 heteroatoms. The Morgan fingerprint density at radius 3 is 3.06 bits per heavy atom. The number of aryl methyl sites for hydroxylation is 1. The Bertz CT molecular complexity index is 466. The summed E-state index contributed by atoms with van der Waals surface area (Å²) in [6.07, 6.45) is 2.16. The van der Waals surface area contributed by atoms with E-state index in [1.165, 1.54) is 0 Å². The van der Waals surface area contributed by atoms with Gasteiger partial charge in [0.05, 0.1) is 5.69 Å². The van der Waals surface area contributed by atoms with Crippen LogP contribution in [-0.4, -0.2) is 14.9 Å². The highest BCUT2D eigenvalue weighted by atomic mass is 79.9. The third kappa shape index (κ3) is 2.36. The van der Waals surface area contributed by atoms with Crippen LogP contribution in [0.5, 0.6) is 0 Å². The third-order valence-electron chi connectivity index (χ3n) is 2.32. The van der Waals surface area contributed by atoms with Crippen molar-refractivity contribution in [1.29, 1.82) is 0 Å². The van der Waals surface area contributed by atoms with Crippen molar-refractivity contribution < 1.29 is 5.11 Å². The topological polar surface area (TPSA) is 38.0 Å². The molecule has 0 spiro atoms. The van der Waals surface area contributed by atoms with Crippen LogP contribution in [0.3, 0.4) is 0 Å². The van der Waals surface area contributed by atoms with E-state index >= 15 is 0 Å². The van der Waals surface area contributed by atoms with Gasteiger partial charge in [0.25, 0.3) is 0 Å². The Hall–Kier alpha value is -0.650. The van der Waals surface area contributed by atoms with Gasteiger partial charge in [-0.2, -0.15) is 5.10 Å². The zero-order valence-electron chi connectivity index (χ0n) is 8.93. The van der Waals surface area contributed by atoms with Crippen molar-refractivity contribution in [3.05, 3.63) is 38.8 Å². The minimum absolute atomic E-state index is 0.578. The molecule has 1 atom stereocenters. The molecule has 0 bridgehead atoms. The Morgan fingerprint density at radius 2 is 2.44 bits per heavy atom. The molecule has 16 heavy (non-hydrogen) atoms. The second-order valence-corrected chi connectivity index (χ2v) is 5.41. The monoisotopic (exact) mass is 300 g/mol. The first kappa shape index (κ1) is 11.8. The lowest BCUT2D eigenvalue weighted by molar-refractivity contribution is 0.211. The van der Waals surface area contributed by atoms with Crippen LogP contribution in [0.2, 0.25) is 0 Å². The normalized spacial score (nSPS) is 12.9. The van der Waals surface area contributed by atoms with Crippen LogP contribution < -0.4 is 0 Å². The van der Waals surface area contributed by atoms with Gasteiger partial charge in [-0.05, 0) is 34.5 Å². The summed E-state index contributed by atoms with van der Waals surface area (Å²) >= 11 is 4.93. The van der Waals surface area contributed by atoms with Crippen LogP contribution in [-0.2, 0) is 6.54 Å². The van der Waals surface area contributed by atoms with E-state index in [0.29, 0.717) is 0 Å². The Balaban J connectivity index is 2.26. The highest BCUT2D eigenvalue weighted by Gasteiger charge is 2.16. The van der Waals surface area contributed by atoms with Gasteiger partial charge in [-0.25, -0.2) is 0 Å². The van der Waals surface area contributed by atoms with Crippen molar-refractivity contribution in [2.75, 3.05) is 0 Å². The van der Waals surface area contributed by atoms with E-state index in [-0.39, 0.29) is 0 Å². The molecule has 0 aliphatic carbocycles. The van der Waals surface area contributed by atoms with Gasteiger partial charge < -0.3 is 5.11 Å². The van der Waals surface area contributed by atoms with E-state index in [0.717, 1.165) is 28.0 Å². The minimum atomic E-state index is -0.578. The van der Waals surface area contributed by atoms with Crippen LogP contribution >= 0.6 is 27.3 Å². The Morgan fingerprint density at radius 1 is 1.62 bits per heavy atom. The zero-order chi connectivity index (χ0) is 11.5. The predicted octanol–water partition coefficient (Wildman–Crippen LogP) is 3.20. The first-order valence-corrected chi connectivity index (χ1v) is 6.83. The lowest BCUT2D eigenvalue weighted by Gasteiger charge is -2.11. The molecule has 0 fully saturated rings. The van der Waals surface area contributed by atoms with Gasteiger partial charge in [0.15, 0.2) is 0 Å². The molecule has 2 rings (SSSR count). The fourth-order valence-electron chi connectivity index (χ4n) is 1.59. The molecule has 2 heterocycles. The molecule has 0 aliphatic heterocycles. The first-order valence-electron chi connectivity index (χ1n) is 5.16. The van der Waals surface area contributed by atoms with Crippen molar-refractivity contribution in [2.45, 2.75) is 26.0 Å². The summed E-state index contributed by atoms with van der Waals surface area (Å²) in [7, 11) is 0. The highest BCUT2D eigenvalue weighted by molar-refractivity contribution is 9.10. The smallest absolute Gasteiger partial charge is 0.130 e. The van der Waals surface area contributed by atoms with Crippen molar-refractivity contribution in [1.82, 2.24) is 9.78 Å². The molecule has 0 radical (unpaired) electrons. The summed E-state index contributed by atoms with van der Waals surface area (Å²) in [6.45, 7) is 2.94. The van der Waals surface area contributed by atoms with Gasteiger partial charge in [-0.1, -0.05) is 6.92 Å². The molecule has 86 valence electrons.